The quantitative estimate of drug-likeness (QED) is 0.929. The maximum absolute atomic E-state index is 12.4. The first-order valence-corrected chi connectivity index (χ1v) is 6.76. The van der Waals surface area contributed by atoms with E-state index >= 15 is 0 Å². The smallest absolute Gasteiger partial charge is 0.348 e. The Balaban J connectivity index is 1.87. The predicted octanol–water partition coefficient (Wildman–Crippen LogP) is 2.90. The number of alkyl halides is 3. The van der Waals surface area contributed by atoms with Gasteiger partial charge in [0.15, 0.2) is 5.79 Å². The van der Waals surface area contributed by atoms with Gasteiger partial charge in [0.25, 0.3) is 0 Å². The third-order valence-corrected chi connectivity index (χ3v) is 3.30. The number of halogens is 3. The van der Waals surface area contributed by atoms with E-state index in [-0.39, 0.29) is 12.1 Å². The summed E-state index contributed by atoms with van der Waals surface area (Å²) in [5.74, 6) is -0.578. The molecule has 1 fully saturated rings. The second-order valence-electron chi connectivity index (χ2n) is 5.56. The van der Waals surface area contributed by atoms with Crippen molar-refractivity contribution in [2.75, 3.05) is 13.2 Å². The second-order valence-corrected chi connectivity index (χ2v) is 5.56. The van der Waals surface area contributed by atoms with Gasteiger partial charge in [0, 0.05) is 18.8 Å². The molecule has 0 aliphatic carbocycles. The summed E-state index contributed by atoms with van der Waals surface area (Å²) in [5, 5.41) is 3.21. The molecule has 2 atom stereocenters. The predicted molar refractivity (Wildman–Crippen MR) is 70.6 cm³/mol. The van der Waals surface area contributed by atoms with E-state index in [1.807, 2.05) is 20.8 Å². The van der Waals surface area contributed by atoms with Gasteiger partial charge in [-0.25, -0.2) is 0 Å². The zero-order valence-corrected chi connectivity index (χ0v) is 12.2. The lowest BCUT2D eigenvalue weighted by Gasteiger charge is -2.19. The molecule has 0 unspecified atom stereocenters. The van der Waals surface area contributed by atoms with Crippen LogP contribution in [-0.2, 0) is 15.7 Å². The lowest BCUT2D eigenvalue weighted by molar-refractivity contribution is -0.141. The van der Waals surface area contributed by atoms with Gasteiger partial charge in [0.2, 0.25) is 0 Å². The van der Waals surface area contributed by atoms with E-state index in [0.29, 0.717) is 18.7 Å². The fraction of sp³-hybridized carbons (Fsp3) is 0.643. The van der Waals surface area contributed by atoms with Crippen LogP contribution in [0.2, 0.25) is 0 Å². The van der Waals surface area contributed by atoms with E-state index in [4.69, 9.17) is 9.47 Å². The number of ether oxygens (including phenoxy) is 2. The molecule has 21 heavy (non-hydrogen) atoms. The zero-order chi connectivity index (χ0) is 15.7. The van der Waals surface area contributed by atoms with Crippen LogP contribution in [0.5, 0.6) is 0 Å². The monoisotopic (exact) mass is 304 g/mol. The van der Waals surface area contributed by atoms with Gasteiger partial charge in [0.05, 0.1) is 12.7 Å². The third kappa shape index (κ3) is 4.39. The minimum absolute atomic E-state index is 0.0649. The highest BCUT2D eigenvalue weighted by atomic mass is 19.4. The molecule has 1 aromatic rings. The normalized spacial score (nSPS) is 23.2. The van der Waals surface area contributed by atoms with E-state index in [0.717, 1.165) is 6.07 Å². The summed E-state index contributed by atoms with van der Waals surface area (Å²) in [5.41, 5.74) is -0.186. The number of nitrogens with one attached hydrogen (secondary N) is 1. The van der Waals surface area contributed by atoms with Crippen LogP contribution in [0.25, 0.3) is 0 Å². The Hall–Kier alpha value is -1.18. The molecule has 0 aromatic carbocycles. The van der Waals surface area contributed by atoms with E-state index < -0.39 is 17.7 Å². The number of aromatic nitrogens is 1. The molecule has 2 heterocycles. The Bertz CT molecular complexity index is 474. The van der Waals surface area contributed by atoms with Gasteiger partial charge in [0.1, 0.15) is 5.69 Å². The van der Waals surface area contributed by atoms with Crippen LogP contribution >= 0.6 is 0 Å². The van der Waals surface area contributed by atoms with E-state index in [1.54, 1.807) is 0 Å². The van der Waals surface area contributed by atoms with Gasteiger partial charge >= 0.3 is 6.18 Å². The highest BCUT2D eigenvalue weighted by molar-refractivity contribution is 5.18. The molecule has 0 radical (unpaired) electrons. The standard InChI is InChI=1S/C14H19F3N2O2/c1-9(18-7-11-8-20-13(2,3)21-11)10-4-5-12(19-6-10)14(15,16)17/h4-6,9,11,18H,7-8H2,1-3H3/t9-,11+/m0/s1. The second kappa shape index (κ2) is 5.90. The molecule has 7 heteroatoms. The molecule has 4 nitrogen and oxygen atoms in total. The topological polar surface area (TPSA) is 43.4 Å². The van der Waals surface area contributed by atoms with Crippen molar-refractivity contribution in [3.8, 4) is 0 Å². The Labute approximate surface area is 121 Å². The maximum atomic E-state index is 12.4. The summed E-state index contributed by atoms with van der Waals surface area (Å²) in [6, 6.07) is 2.31. The maximum Gasteiger partial charge on any atom is 0.433 e. The van der Waals surface area contributed by atoms with Crippen LogP contribution in [-0.4, -0.2) is 30.0 Å². The van der Waals surface area contributed by atoms with E-state index in [2.05, 4.69) is 10.3 Å². The number of hydrogen-bond acceptors (Lipinski definition) is 4. The van der Waals surface area contributed by atoms with Gasteiger partial charge in [-0.3, -0.25) is 4.98 Å². The highest BCUT2D eigenvalue weighted by Crippen LogP contribution is 2.28. The first-order chi connectivity index (χ1) is 9.67. The first-order valence-electron chi connectivity index (χ1n) is 6.76. The van der Waals surface area contributed by atoms with Crippen LogP contribution in [0.4, 0.5) is 13.2 Å². The molecule has 1 saturated heterocycles. The van der Waals surface area contributed by atoms with Crippen molar-refractivity contribution in [3.63, 3.8) is 0 Å². The van der Waals surface area contributed by atoms with Crippen LogP contribution in [0.15, 0.2) is 18.3 Å². The summed E-state index contributed by atoms with van der Waals surface area (Å²) in [4.78, 5) is 3.45. The molecule has 2 rings (SSSR count). The van der Waals surface area contributed by atoms with Crippen molar-refractivity contribution in [2.24, 2.45) is 0 Å². The highest BCUT2D eigenvalue weighted by Gasteiger charge is 2.33. The number of hydrogen-bond donors (Lipinski definition) is 1. The molecule has 1 aromatic heterocycles. The Morgan fingerprint density at radius 3 is 2.62 bits per heavy atom. The lowest BCUT2D eigenvalue weighted by atomic mass is 10.1. The van der Waals surface area contributed by atoms with E-state index in [9.17, 15) is 13.2 Å². The summed E-state index contributed by atoms with van der Waals surface area (Å²) >= 11 is 0. The fourth-order valence-electron chi connectivity index (χ4n) is 2.12. The third-order valence-electron chi connectivity index (χ3n) is 3.30. The molecular formula is C14H19F3N2O2. The molecule has 1 N–H and O–H groups in total. The molecule has 0 amide bonds. The summed E-state index contributed by atoms with van der Waals surface area (Å²) in [6.45, 7) is 6.61. The zero-order valence-electron chi connectivity index (χ0n) is 12.2. The van der Waals surface area contributed by atoms with Crippen molar-refractivity contribution >= 4 is 0 Å². The Morgan fingerprint density at radius 1 is 1.43 bits per heavy atom. The Kier molecular flexibility index (Phi) is 4.55. The van der Waals surface area contributed by atoms with Crippen molar-refractivity contribution in [3.05, 3.63) is 29.6 Å². The van der Waals surface area contributed by atoms with Gasteiger partial charge in [-0.1, -0.05) is 6.07 Å². The van der Waals surface area contributed by atoms with Crippen molar-refractivity contribution < 1.29 is 22.6 Å². The van der Waals surface area contributed by atoms with Crippen LogP contribution in [0.3, 0.4) is 0 Å². The fourth-order valence-corrected chi connectivity index (χ4v) is 2.12. The van der Waals surface area contributed by atoms with E-state index in [1.165, 1.54) is 12.3 Å². The number of pyridine rings is 1. The lowest BCUT2D eigenvalue weighted by Crippen LogP contribution is -2.32. The average molecular weight is 304 g/mol. The Morgan fingerprint density at radius 2 is 2.14 bits per heavy atom. The van der Waals surface area contributed by atoms with Crippen molar-refractivity contribution in [1.29, 1.82) is 0 Å². The largest absolute Gasteiger partial charge is 0.433 e. The molecule has 0 bridgehead atoms. The van der Waals surface area contributed by atoms with Gasteiger partial charge in [-0.05, 0) is 32.4 Å². The molecule has 0 saturated carbocycles. The number of rotatable bonds is 4. The van der Waals surface area contributed by atoms with Crippen molar-refractivity contribution in [1.82, 2.24) is 10.3 Å². The first kappa shape index (κ1) is 16.2. The molecule has 1 aliphatic heterocycles. The van der Waals surface area contributed by atoms with Gasteiger partial charge in [-0.2, -0.15) is 13.2 Å². The van der Waals surface area contributed by atoms with Gasteiger partial charge in [-0.15, -0.1) is 0 Å². The minimum atomic E-state index is -4.41. The van der Waals surface area contributed by atoms with Crippen LogP contribution < -0.4 is 5.32 Å². The molecule has 118 valence electrons. The summed E-state index contributed by atoms with van der Waals surface area (Å²) < 4.78 is 48.4. The molecular weight excluding hydrogens is 285 g/mol. The van der Waals surface area contributed by atoms with Crippen molar-refractivity contribution in [2.45, 2.75) is 44.9 Å². The average Bonchev–Trinajstić information content (AvgIpc) is 2.75. The molecule has 0 spiro atoms. The summed E-state index contributed by atoms with van der Waals surface area (Å²) in [7, 11) is 0. The molecule has 1 aliphatic rings. The number of nitrogens with zero attached hydrogens (tertiary/aromatic N) is 1. The van der Waals surface area contributed by atoms with Crippen LogP contribution in [0, 0.1) is 0 Å². The van der Waals surface area contributed by atoms with Crippen LogP contribution in [0.1, 0.15) is 38.1 Å². The summed E-state index contributed by atoms with van der Waals surface area (Å²) in [6.07, 6.45) is -3.23. The SMILES string of the molecule is C[C@H](NC[C@@H]1COC(C)(C)O1)c1ccc(C(F)(F)F)nc1. The van der Waals surface area contributed by atoms with Gasteiger partial charge < -0.3 is 14.8 Å². The minimum Gasteiger partial charge on any atom is -0.348 e.